The van der Waals surface area contributed by atoms with Crippen molar-refractivity contribution in [2.24, 2.45) is 0 Å². The molecule has 21 heavy (non-hydrogen) atoms. The molecule has 0 amide bonds. The SMILES string of the molecule is CCN(CCN(C)C)Cc1c(C)oc2ccc(OC)cc12. The zero-order valence-corrected chi connectivity index (χ0v) is 13.8. The molecule has 1 aromatic heterocycles. The lowest BCUT2D eigenvalue weighted by Gasteiger charge is -2.22. The van der Waals surface area contributed by atoms with Gasteiger partial charge in [-0.05, 0) is 45.8 Å². The number of hydrogen-bond acceptors (Lipinski definition) is 4. The maximum absolute atomic E-state index is 5.88. The van der Waals surface area contributed by atoms with Crippen LogP contribution >= 0.6 is 0 Å². The minimum Gasteiger partial charge on any atom is -0.497 e. The number of ether oxygens (including phenoxy) is 1. The van der Waals surface area contributed by atoms with Gasteiger partial charge in [-0.1, -0.05) is 6.92 Å². The van der Waals surface area contributed by atoms with Crippen LogP contribution in [0.15, 0.2) is 22.6 Å². The van der Waals surface area contributed by atoms with Crippen molar-refractivity contribution in [3.8, 4) is 5.75 Å². The van der Waals surface area contributed by atoms with Crippen molar-refractivity contribution >= 4 is 11.0 Å². The number of benzene rings is 1. The van der Waals surface area contributed by atoms with E-state index in [0.717, 1.165) is 48.7 Å². The molecule has 0 fully saturated rings. The molecule has 0 radical (unpaired) electrons. The van der Waals surface area contributed by atoms with Gasteiger partial charge in [0.25, 0.3) is 0 Å². The van der Waals surface area contributed by atoms with Crippen LogP contribution in [0.2, 0.25) is 0 Å². The molecule has 0 bridgehead atoms. The van der Waals surface area contributed by atoms with Gasteiger partial charge in [-0.15, -0.1) is 0 Å². The smallest absolute Gasteiger partial charge is 0.134 e. The van der Waals surface area contributed by atoms with Gasteiger partial charge in [0.2, 0.25) is 0 Å². The minimum absolute atomic E-state index is 0.876. The van der Waals surface area contributed by atoms with E-state index in [0.29, 0.717) is 0 Å². The molecule has 0 saturated carbocycles. The van der Waals surface area contributed by atoms with Crippen molar-refractivity contribution in [2.75, 3.05) is 40.8 Å². The lowest BCUT2D eigenvalue weighted by molar-refractivity contribution is 0.243. The second-order valence-corrected chi connectivity index (χ2v) is 5.67. The summed E-state index contributed by atoms with van der Waals surface area (Å²) in [5, 5.41) is 1.16. The third-order valence-corrected chi connectivity index (χ3v) is 3.89. The molecule has 0 unspecified atom stereocenters. The first-order chi connectivity index (χ1) is 10.0. The van der Waals surface area contributed by atoms with Crippen LogP contribution in [0, 0.1) is 6.92 Å². The molecule has 2 rings (SSSR count). The van der Waals surface area contributed by atoms with Gasteiger partial charge >= 0.3 is 0 Å². The van der Waals surface area contributed by atoms with Crippen molar-refractivity contribution in [1.29, 1.82) is 0 Å². The highest BCUT2D eigenvalue weighted by molar-refractivity contribution is 5.83. The van der Waals surface area contributed by atoms with Gasteiger partial charge in [0, 0.05) is 30.6 Å². The highest BCUT2D eigenvalue weighted by atomic mass is 16.5. The van der Waals surface area contributed by atoms with E-state index in [9.17, 15) is 0 Å². The largest absolute Gasteiger partial charge is 0.497 e. The molecular weight excluding hydrogens is 264 g/mol. The van der Waals surface area contributed by atoms with Gasteiger partial charge < -0.3 is 14.1 Å². The molecule has 0 atom stereocenters. The van der Waals surface area contributed by atoms with Crippen LogP contribution in [-0.4, -0.2) is 50.6 Å². The Morgan fingerprint density at radius 2 is 1.95 bits per heavy atom. The highest BCUT2D eigenvalue weighted by Gasteiger charge is 2.14. The molecule has 4 nitrogen and oxygen atoms in total. The molecule has 2 aromatic rings. The third-order valence-electron chi connectivity index (χ3n) is 3.89. The first-order valence-electron chi connectivity index (χ1n) is 7.48. The summed E-state index contributed by atoms with van der Waals surface area (Å²) in [6.45, 7) is 8.31. The molecule has 0 spiro atoms. The first-order valence-corrected chi connectivity index (χ1v) is 7.48. The van der Waals surface area contributed by atoms with Crippen LogP contribution in [0.3, 0.4) is 0 Å². The predicted octanol–water partition coefficient (Wildman–Crippen LogP) is 3.13. The third kappa shape index (κ3) is 3.77. The highest BCUT2D eigenvalue weighted by Crippen LogP contribution is 2.29. The van der Waals surface area contributed by atoms with Crippen LogP contribution in [0.25, 0.3) is 11.0 Å². The second-order valence-electron chi connectivity index (χ2n) is 5.67. The number of nitrogens with zero attached hydrogens (tertiary/aromatic N) is 2. The number of fused-ring (bicyclic) bond motifs is 1. The number of methoxy groups -OCH3 is 1. The van der Waals surface area contributed by atoms with Crippen LogP contribution in [0.5, 0.6) is 5.75 Å². The normalized spacial score (nSPS) is 11.8. The molecule has 0 N–H and O–H groups in total. The average molecular weight is 290 g/mol. The van der Waals surface area contributed by atoms with E-state index in [1.807, 2.05) is 19.1 Å². The summed E-state index contributed by atoms with van der Waals surface area (Å²) in [6, 6.07) is 6.00. The van der Waals surface area contributed by atoms with Gasteiger partial charge in [0.15, 0.2) is 0 Å². The topological polar surface area (TPSA) is 28.9 Å². The molecular formula is C17H26N2O2. The fourth-order valence-corrected chi connectivity index (χ4v) is 2.49. The summed E-state index contributed by atoms with van der Waals surface area (Å²) in [6.07, 6.45) is 0. The second kappa shape index (κ2) is 6.96. The summed E-state index contributed by atoms with van der Waals surface area (Å²) < 4.78 is 11.2. The number of hydrogen-bond donors (Lipinski definition) is 0. The number of aryl methyl sites for hydroxylation is 1. The van der Waals surface area contributed by atoms with Crippen LogP contribution < -0.4 is 4.74 Å². The van der Waals surface area contributed by atoms with E-state index in [-0.39, 0.29) is 0 Å². The van der Waals surface area contributed by atoms with E-state index in [4.69, 9.17) is 9.15 Å². The van der Waals surface area contributed by atoms with Gasteiger partial charge in [0.05, 0.1) is 7.11 Å². The van der Waals surface area contributed by atoms with Crippen LogP contribution in [0.4, 0.5) is 0 Å². The Kier molecular flexibility index (Phi) is 5.26. The maximum Gasteiger partial charge on any atom is 0.134 e. The predicted molar refractivity (Wildman–Crippen MR) is 87.0 cm³/mol. The molecule has 1 aromatic carbocycles. The van der Waals surface area contributed by atoms with Gasteiger partial charge in [-0.2, -0.15) is 0 Å². The minimum atomic E-state index is 0.876. The van der Waals surface area contributed by atoms with Crippen LogP contribution in [0.1, 0.15) is 18.2 Å². The standard InChI is InChI=1S/C17H26N2O2/c1-6-19(10-9-18(3)4)12-16-13(2)21-17-8-7-14(20-5)11-15(16)17/h7-8,11H,6,9-10,12H2,1-5H3. The Morgan fingerprint density at radius 1 is 1.19 bits per heavy atom. The first kappa shape index (κ1) is 15.9. The Balaban J connectivity index is 2.25. The molecule has 1 heterocycles. The van der Waals surface area contributed by atoms with Gasteiger partial charge in [0.1, 0.15) is 17.1 Å². The summed E-state index contributed by atoms with van der Waals surface area (Å²) in [4.78, 5) is 4.66. The fourth-order valence-electron chi connectivity index (χ4n) is 2.49. The van der Waals surface area contributed by atoms with E-state index < -0.39 is 0 Å². The quantitative estimate of drug-likeness (QED) is 0.783. The van der Waals surface area contributed by atoms with Gasteiger partial charge in [-0.25, -0.2) is 0 Å². The van der Waals surface area contributed by atoms with Crippen molar-refractivity contribution in [1.82, 2.24) is 9.80 Å². The molecule has 116 valence electrons. The molecule has 0 saturated heterocycles. The molecule has 0 aliphatic rings. The molecule has 4 heteroatoms. The Bertz CT molecular complexity index is 590. The Labute approximate surface area is 127 Å². The van der Waals surface area contributed by atoms with E-state index in [2.05, 4.69) is 36.9 Å². The Morgan fingerprint density at radius 3 is 2.57 bits per heavy atom. The summed E-state index contributed by atoms with van der Waals surface area (Å²) >= 11 is 0. The van der Waals surface area contributed by atoms with Gasteiger partial charge in [-0.3, -0.25) is 4.90 Å². The van der Waals surface area contributed by atoms with Crippen molar-refractivity contribution in [3.63, 3.8) is 0 Å². The lowest BCUT2D eigenvalue weighted by atomic mass is 10.1. The molecule has 0 aliphatic heterocycles. The summed E-state index contributed by atoms with van der Waals surface area (Å²) in [5.74, 6) is 1.88. The number of furan rings is 1. The average Bonchev–Trinajstić information content (AvgIpc) is 2.78. The Hall–Kier alpha value is -1.52. The van der Waals surface area contributed by atoms with E-state index in [1.165, 1.54) is 5.56 Å². The fraction of sp³-hybridized carbons (Fsp3) is 0.529. The zero-order valence-electron chi connectivity index (χ0n) is 13.8. The lowest BCUT2D eigenvalue weighted by Crippen LogP contribution is -2.31. The van der Waals surface area contributed by atoms with Crippen molar-refractivity contribution in [3.05, 3.63) is 29.5 Å². The summed E-state index contributed by atoms with van der Waals surface area (Å²) in [7, 11) is 5.91. The number of likely N-dealkylation sites (N-methyl/N-ethyl adjacent to an activating group) is 2. The number of rotatable bonds is 7. The van der Waals surface area contributed by atoms with Crippen molar-refractivity contribution < 1.29 is 9.15 Å². The summed E-state index contributed by atoms with van der Waals surface area (Å²) in [5.41, 5.74) is 2.21. The zero-order chi connectivity index (χ0) is 15.4. The van der Waals surface area contributed by atoms with Crippen LogP contribution in [-0.2, 0) is 6.54 Å². The molecule has 0 aliphatic carbocycles. The van der Waals surface area contributed by atoms with E-state index in [1.54, 1.807) is 7.11 Å². The van der Waals surface area contributed by atoms with E-state index >= 15 is 0 Å². The maximum atomic E-state index is 5.88. The van der Waals surface area contributed by atoms with Crippen molar-refractivity contribution in [2.45, 2.75) is 20.4 Å². The monoisotopic (exact) mass is 290 g/mol.